The fraction of sp³-hybridized carbons (Fsp3) is 0.243. The van der Waals surface area contributed by atoms with Gasteiger partial charge in [-0.15, -0.1) is 0 Å². The lowest BCUT2D eigenvalue weighted by Crippen LogP contribution is -2.28. The first-order chi connectivity index (χ1) is 23.0. The van der Waals surface area contributed by atoms with Crippen LogP contribution in [0.5, 0.6) is 0 Å². The van der Waals surface area contributed by atoms with Gasteiger partial charge in [0, 0.05) is 29.7 Å². The van der Waals surface area contributed by atoms with E-state index in [1.807, 2.05) is 24.3 Å². The average Bonchev–Trinajstić information content (AvgIpc) is 3.53. The maximum atomic E-state index is 14.0. The molecular weight excluding hydrogens is 660 g/mol. The van der Waals surface area contributed by atoms with Crippen molar-refractivity contribution in [2.45, 2.75) is 44.7 Å². The van der Waals surface area contributed by atoms with Crippen molar-refractivity contribution in [2.24, 2.45) is 0 Å². The lowest BCUT2D eigenvalue weighted by Gasteiger charge is -2.21. The summed E-state index contributed by atoms with van der Waals surface area (Å²) in [5, 5.41) is 6.75. The van der Waals surface area contributed by atoms with Crippen LogP contribution in [0.4, 0.5) is 17.6 Å². The molecule has 2 N–H and O–H groups in total. The molecule has 4 aromatic carbocycles. The van der Waals surface area contributed by atoms with E-state index in [2.05, 4.69) is 31.2 Å². The molecule has 5 aromatic rings. The predicted octanol–water partition coefficient (Wildman–Crippen LogP) is 8.46. The first kappa shape index (κ1) is 35.5. The number of amides is 1. The topological polar surface area (TPSA) is 110 Å². The van der Waals surface area contributed by atoms with E-state index >= 15 is 0 Å². The highest BCUT2D eigenvalue weighted by Gasteiger charge is 2.32. The molecule has 256 valence electrons. The minimum Gasteiger partial charge on any atom is -0.356 e. The lowest BCUT2D eigenvalue weighted by molar-refractivity contribution is -0.137. The number of halogens is 4. The van der Waals surface area contributed by atoms with E-state index in [4.69, 9.17) is 9.08 Å². The van der Waals surface area contributed by atoms with Crippen LogP contribution in [0.25, 0.3) is 22.5 Å². The summed E-state index contributed by atoms with van der Waals surface area (Å²) >= 11 is 0. The maximum Gasteiger partial charge on any atom is 0.416 e. The van der Waals surface area contributed by atoms with Crippen molar-refractivity contribution < 1.29 is 39.8 Å². The number of rotatable bonds is 10. The Morgan fingerprint density at radius 3 is 2.06 bits per heavy atom. The molecule has 0 aliphatic rings. The van der Waals surface area contributed by atoms with E-state index in [9.17, 15) is 30.8 Å². The Bertz CT molecular complexity index is 2030. The molecule has 1 amide bonds. The first-order valence-corrected chi connectivity index (χ1v) is 17.0. The van der Waals surface area contributed by atoms with Gasteiger partial charge in [0.25, 0.3) is 16.0 Å². The molecule has 0 saturated carbocycles. The Labute approximate surface area is 281 Å². The van der Waals surface area contributed by atoms with E-state index < -0.39 is 39.3 Å². The first-order valence-electron chi connectivity index (χ1n) is 15.3. The summed E-state index contributed by atoms with van der Waals surface area (Å²) in [5.74, 6) is -1.89. The van der Waals surface area contributed by atoms with Crippen LogP contribution in [0.15, 0.2) is 102 Å². The van der Waals surface area contributed by atoms with Crippen LogP contribution in [-0.4, -0.2) is 36.3 Å². The molecule has 1 heterocycles. The van der Waals surface area contributed by atoms with E-state index in [-0.39, 0.29) is 40.3 Å². The van der Waals surface area contributed by atoms with Gasteiger partial charge in [-0.05, 0) is 82.1 Å². The largest absolute Gasteiger partial charge is 0.416 e. The zero-order chi connectivity index (χ0) is 35.6. The van der Waals surface area contributed by atoms with Crippen LogP contribution >= 0.6 is 0 Å². The lowest BCUT2D eigenvalue weighted by atomic mass is 9.83. The van der Waals surface area contributed by atoms with Crippen molar-refractivity contribution in [3.8, 4) is 22.5 Å². The van der Waals surface area contributed by atoms with Gasteiger partial charge in [0.15, 0.2) is 5.76 Å². The fourth-order valence-electron chi connectivity index (χ4n) is 5.36. The zero-order valence-corrected chi connectivity index (χ0v) is 27.7. The minimum atomic E-state index is -4.65. The summed E-state index contributed by atoms with van der Waals surface area (Å²) in [6.45, 7) is 6.04. The summed E-state index contributed by atoms with van der Waals surface area (Å²) in [7, 11) is -4.22. The SMILES string of the molecule is CC(C)(C)c1ccc(C(Cc2ccc(C(=O)NCCS(=O)(=O)O)cc2)c2cc(-c3cc(-c4ccc(F)cc4)cc(C(F)(F)F)c3)on2)cc1. The van der Waals surface area contributed by atoms with Crippen LogP contribution in [0, 0.1) is 5.82 Å². The van der Waals surface area contributed by atoms with Crippen molar-refractivity contribution in [2.75, 3.05) is 12.3 Å². The number of hydrogen-bond donors (Lipinski definition) is 2. The Morgan fingerprint density at radius 2 is 1.47 bits per heavy atom. The summed E-state index contributed by atoms with van der Waals surface area (Å²) in [4.78, 5) is 12.5. The molecule has 0 bridgehead atoms. The summed E-state index contributed by atoms with van der Waals surface area (Å²) in [6.07, 6.45) is -4.25. The summed E-state index contributed by atoms with van der Waals surface area (Å²) in [5.41, 5.74) is 3.38. The van der Waals surface area contributed by atoms with E-state index in [0.29, 0.717) is 17.7 Å². The van der Waals surface area contributed by atoms with Crippen molar-refractivity contribution in [3.05, 3.63) is 136 Å². The van der Waals surface area contributed by atoms with E-state index in [1.165, 1.54) is 24.3 Å². The van der Waals surface area contributed by atoms with E-state index in [1.54, 1.807) is 36.4 Å². The Morgan fingerprint density at radius 1 is 0.837 bits per heavy atom. The quantitative estimate of drug-likeness (QED) is 0.112. The van der Waals surface area contributed by atoms with Crippen molar-refractivity contribution in [1.29, 1.82) is 0 Å². The number of hydrogen-bond acceptors (Lipinski definition) is 5. The second kappa shape index (κ2) is 14.0. The third-order valence-electron chi connectivity index (χ3n) is 8.09. The zero-order valence-electron chi connectivity index (χ0n) is 26.9. The molecule has 0 fully saturated rings. The number of carbonyl (C=O) groups excluding carboxylic acids is 1. The van der Waals surface area contributed by atoms with Gasteiger partial charge in [0.2, 0.25) is 0 Å². The van der Waals surface area contributed by atoms with Gasteiger partial charge in [-0.3, -0.25) is 9.35 Å². The number of benzene rings is 4. The van der Waals surface area contributed by atoms with Crippen LogP contribution in [0.2, 0.25) is 0 Å². The highest BCUT2D eigenvalue weighted by Crippen LogP contribution is 2.38. The van der Waals surface area contributed by atoms with Gasteiger partial charge in [-0.25, -0.2) is 4.39 Å². The predicted molar refractivity (Wildman–Crippen MR) is 178 cm³/mol. The van der Waals surface area contributed by atoms with Crippen molar-refractivity contribution in [3.63, 3.8) is 0 Å². The molecule has 0 spiro atoms. The monoisotopic (exact) mass is 694 g/mol. The molecular formula is C37H34F4N2O5S. The number of aromatic nitrogens is 1. The molecule has 0 saturated heterocycles. The number of carbonyl (C=O) groups is 1. The van der Waals surface area contributed by atoms with Crippen LogP contribution in [-0.2, 0) is 28.1 Å². The van der Waals surface area contributed by atoms with Gasteiger partial charge in [-0.1, -0.05) is 74.5 Å². The second-order valence-electron chi connectivity index (χ2n) is 12.8. The standard InChI is InChI=1S/C37H34F4N2O5S/c1-36(2,3)29-12-8-25(9-13-29)32(18-23-4-6-26(7-5-23)35(44)42-16-17-49(45,46)47)33-22-34(48-43-33)28-19-27(20-30(21-28)37(39,40)41)24-10-14-31(38)15-11-24/h4-15,19-22,32H,16-18H2,1-3H3,(H,42,44)(H,45,46,47). The van der Waals surface area contributed by atoms with Gasteiger partial charge in [0.1, 0.15) is 5.82 Å². The third-order valence-corrected chi connectivity index (χ3v) is 8.81. The molecule has 7 nitrogen and oxygen atoms in total. The minimum absolute atomic E-state index is 0.0986. The number of nitrogens with one attached hydrogen (secondary N) is 1. The molecule has 12 heteroatoms. The Balaban J connectivity index is 1.48. The van der Waals surface area contributed by atoms with Crippen molar-refractivity contribution in [1.82, 2.24) is 10.5 Å². The molecule has 1 unspecified atom stereocenters. The van der Waals surface area contributed by atoms with Crippen LogP contribution in [0.3, 0.4) is 0 Å². The molecule has 0 aliphatic heterocycles. The highest BCUT2D eigenvalue weighted by atomic mass is 32.2. The van der Waals surface area contributed by atoms with Crippen LogP contribution in [0.1, 0.15) is 65.0 Å². The van der Waals surface area contributed by atoms with Gasteiger partial charge in [-0.2, -0.15) is 21.6 Å². The third kappa shape index (κ3) is 9.21. The Hall–Kier alpha value is -4.81. The molecule has 0 radical (unpaired) electrons. The fourth-order valence-corrected chi connectivity index (χ4v) is 5.72. The maximum absolute atomic E-state index is 14.0. The van der Waals surface area contributed by atoms with Crippen molar-refractivity contribution >= 4 is 16.0 Å². The molecule has 5 rings (SSSR count). The molecule has 1 aromatic heterocycles. The van der Waals surface area contributed by atoms with E-state index in [0.717, 1.165) is 28.8 Å². The summed E-state index contributed by atoms with van der Waals surface area (Å²) < 4.78 is 92.0. The summed E-state index contributed by atoms with van der Waals surface area (Å²) in [6, 6.07) is 25.0. The normalized spacial score (nSPS) is 12.9. The van der Waals surface area contributed by atoms with Gasteiger partial charge < -0.3 is 9.84 Å². The van der Waals surface area contributed by atoms with Gasteiger partial charge in [0.05, 0.1) is 17.0 Å². The molecule has 0 aliphatic carbocycles. The Kier molecular flexibility index (Phi) is 10.1. The average molecular weight is 695 g/mol. The van der Waals surface area contributed by atoms with Gasteiger partial charge >= 0.3 is 6.18 Å². The highest BCUT2D eigenvalue weighted by molar-refractivity contribution is 7.85. The molecule has 1 atom stereocenters. The number of alkyl halides is 3. The molecule has 49 heavy (non-hydrogen) atoms. The smallest absolute Gasteiger partial charge is 0.356 e. The van der Waals surface area contributed by atoms with Crippen LogP contribution < -0.4 is 5.32 Å². The second-order valence-corrected chi connectivity index (χ2v) is 14.4. The number of nitrogens with zero attached hydrogens (tertiary/aromatic N) is 1.